The third-order valence-corrected chi connectivity index (χ3v) is 4.54. The van der Waals surface area contributed by atoms with Crippen molar-refractivity contribution in [3.63, 3.8) is 0 Å². The van der Waals surface area contributed by atoms with Crippen LogP contribution in [0.3, 0.4) is 0 Å². The van der Waals surface area contributed by atoms with Crippen LogP contribution in [0.4, 0.5) is 11.4 Å². The van der Waals surface area contributed by atoms with E-state index in [0.29, 0.717) is 23.7 Å². The first-order valence-corrected chi connectivity index (χ1v) is 8.43. The molecule has 0 aromatic heterocycles. The van der Waals surface area contributed by atoms with Gasteiger partial charge in [0.25, 0.3) is 0 Å². The first kappa shape index (κ1) is 17.8. The van der Waals surface area contributed by atoms with Gasteiger partial charge >= 0.3 is 0 Å². The highest BCUT2D eigenvalue weighted by Gasteiger charge is 2.27. The van der Waals surface area contributed by atoms with Gasteiger partial charge < -0.3 is 14.4 Å². The molecule has 2 amide bonds. The molecule has 0 saturated heterocycles. The number of methoxy groups -OCH3 is 2. The van der Waals surface area contributed by atoms with Crippen LogP contribution in [0, 0.1) is 0 Å². The number of carbonyl (C=O) groups excluding carboxylic acids is 2. The Balaban J connectivity index is 1.86. The Morgan fingerprint density at radius 2 is 1.88 bits per heavy atom. The highest BCUT2D eigenvalue weighted by Crippen LogP contribution is 2.33. The minimum atomic E-state index is -0.228. The second-order valence-corrected chi connectivity index (χ2v) is 6.07. The molecule has 0 saturated carbocycles. The lowest BCUT2D eigenvalue weighted by atomic mass is 10.2. The summed E-state index contributed by atoms with van der Waals surface area (Å²) in [7, 11) is 3.08. The summed E-state index contributed by atoms with van der Waals surface area (Å²) in [6, 6.07) is 13.0. The molecule has 136 valence electrons. The molecule has 0 fully saturated rings. The van der Waals surface area contributed by atoms with Gasteiger partial charge in [-0.3, -0.25) is 14.5 Å². The van der Waals surface area contributed by atoms with E-state index in [9.17, 15) is 9.59 Å². The van der Waals surface area contributed by atoms with Gasteiger partial charge in [-0.2, -0.15) is 0 Å². The van der Waals surface area contributed by atoms with Gasteiger partial charge in [-0.1, -0.05) is 18.2 Å². The summed E-state index contributed by atoms with van der Waals surface area (Å²) in [5, 5.41) is 0. The van der Waals surface area contributed by atoms with Gasteiger partial charge in [0.1, 0.15) is 18.0 Å². The minimum absolute atomic E-state index is 0.0492. The molecule has 0 atom stereocenters. The molecule has 2 aromatic rings. The lowest BCUT2D eigenvalue weighted by Gasteiger charge is -2.26. The molecule has 1 aliphatic rings. The van der Waals surface area contributed by atoms with Crippen LogP contribution >= 0.6 is 0 Å². The standard InChI is InChI=1S/C20H22N2O4/c1-14(23)22(18-9-8-16(25-2)12-19(18)26-3)13-20(24)21-11-10-15-6-4-5-7-17(15)21/h4-9,12H,10-11,13H2,1-3H3. The molecule has 0 spiro atoms. The number of hydrogen-bond acceptors (Lipinski definition) is 4. The van der Waals surface area contributed by atoms with E-state index in [-0.39, 0.29) is 18.4 Å². The molecule has 26 heavy (non-hydrogen) atoms. The number of amides is 2. The van der Waals surface area contributed by atoms with Gasteiger partial charge in [0.2, 0.25) is 11.8 Å². The topological polar surface area (TPSA) is 59.1 Å². The smallest absolute Gasteiger partial charge is 0.247 e. The Kier molecular flexibility index (Phi) is 5.11. The monoisotopic (exact) mass is 354 g/mol. The second kappa shape index (κ2) is 7.47. The van der Waals surface area contributed by atoms with Crippen molar-refractivity contribution in [2.75, 3.05) is 37.1 Å². The van der Waals surface area contributed by atoms with Gasteiger partial charge in [-0.15, -0.1) is 0 Å². The summed E-state index contributed by atoms with van der Waals surface area (Å²) in [6.45, 7) is 2.02. The van der Waals surface area contributed by atoms with Gasteiger partial charge in [-0.25, -0.2) is 0 Å². The van der Waals surface area contributed by atoms with Crippen LogP contribution in [0.25, 0.3) is 0 Å². The number of rotatable bonds is 5. The molecular weight excluding hydrogens is 332 g/mol. The van der Waals surface area contributed by atoms with E-state index >= 15 is 0 Å². The maximum absolute atomic E-state index is 12.9. The Morgan fingerprint density at radius 1 is 1.12 bits per heavy atom. The third-order valence-electron chi connectivity index (χ3n) is 4.54. The van der Waals surface area contributed by atoms with Gasteiger partial charge in [0.15, 0.2) is 0 Å². The van der Waals surface area contributed by atoms with Crippen molar-refractivity contribution in [3.8, 4) is 11.5 Å². The van der Waals surface area contributed by atoms with Crippen LogP contribution in [-0.2, 0) is 16.0 Å². The highest BCUT2D eigenvalue weighted by molar-refractivity contribution is 6.04. The summed E-state index contributed by atoms with van der Waals surface area (Å²) in [4.78, 5) is 28.3. The minimum Gasteiger partial charge on any atom is -0.497 e. The van der Waals surface area contributed by atoms with E-state index in [1.807, 2.05) is 24.3 Å². The molecule has 3 rings (SSSR count). The summed E-state index contributed by atoms with van der Waals surface area (Å²) in [5.41, 5.74) is 2.61. The van der Waals surface area contributed by atoms with E-state index in [4.69, 9.17) is 9.47 Å². The molecule has 0 aliphatic carbocycles. The van der Waals surface area contributed by atoms with Crippen molar-refractivity contribution in [1.82, 2.24) is 0 Å². The van der Waals surface area contributed by atoms with E-state index < -0.39 is 0 Å². The van der Waals surface area contributed by atoms with Crippen molar-refractivity contribution >= 4 is 23.2 Å². The summed E-state index contributed by atoms with van der Waals surface area (Å²) >= 11 is 0. The lowest BCUT2D eigenvalue weighted by Crippen LogP contribution is -2.42. The molecule has 0 unspecified atom stereocenters. The Morgan fingerprint density at radius 3 is 2.58 bits per heavy atom. The number of para-hydroxylation sites is 1. The van der Waals surface area contributed by atoms with Gasteiger partial charge in [0, 0.05) is 25.2 Å². The van der Waals surface area contributed by atoms with Gasteiger partial charge in [-0.05, 0) is 30.2 Å². The molecule has 6 nitrogen and oxygen atoms in total. The zero-order valence-electron chi connectivity index (χ0n) is 15.2. The molecular formula is C20H22N2O4. The van der Waals surface area contributed by atoms with Gasteiger partial charge in [0.05, 0.1) is 19.9 Å². The largest absolute Gasteiger partial charge is 0.497 e. The number of benzene rings is 2. The zero-order chi connectivity index (χ0) is 18.7. The predicted octanol–water partition coefficient (Wildman–Crippen LogP) is 2.65. The van der Waals surface area contributed by atoms with Crippen LogP contribution in [0.1, 0.15) is 12.5 Å². The van der Waals surface area contributed by atoms with Crippen molar-refractivity contribution < 1.29 is 19.1 Å². The summed E-state index contributed by atoms with van der Waals surface area (Å²) in [6.07, 6.45) is 0.827. The Hall–Kier alpha value is -3.02. The summed E-state index contributed by atoms with van der Waals surface area (Å²) in [5.74, 6) is 0.750. The fraction of sp³-hybridized carbons (Fsp3) is 0.300. The molecule has 1 heterocycles. The normalized spacial score (nSPS) is 12.5. The zero-order valence-corrected chi connectivity index (χ0v) is 15.2. The predicted molar refractivity (Wildman–Crippen MR) is 100 cm³/mol. The van der Waals surface area contributed by atoms with Crippen LogP contribution in [0.5, 0.6) is 11.5 Å². The highest BCUT2D eigenvalue weighted by atomic mass is 16.5. The average molecular weight is 354 g/mol. The van der Waals surface area contributed by atoms with Crippen LogP contribution in [0.2, 0.25) is 0 Å². The molecule has 1 aliphatic heterocycles. The van der Waals surface area contributed by atoms with Crippen LogP contribution in [-0.4, -0.2) is 39.1 Å². The van der Waals surface area contributed by atoms with Crippen molar-refractivity contribution in [1.29, 1.82) is 0 Å². The third kappa shape index (κ3) is 3.35. The number of carbonyl (C=O) groups is 2. The summed E-state index contributed by atoms with van der Waals surface area (Å²) < 4.78 is 10.6. The molecule has 0 radical (unpaired) electrons. The number of nitrogens with zero attached hydrogens (tertiary/aromatic N) is 2. The number of ether oxygens (including phenoxy) is 2. The fourth-order valence-corrected chi connectivity index (χ4v) is 3.19. The molecule has 6 heteroatoms. The van der Waals surface area contributed by atoms with Crippen LogP contribution < -0.4 is 19.3 Å². The second-order valence-electron chi connectivity index (χ2n) is 6.07. The average Bonchev–Trinajstić information content (AvgIpc) is 3.09. The maximum atomic E-state index is 12.9. The van der Waals surface area contributed by atoms with Crippen molar-refractivity contribution in [2.24, 2.45) is 0 Å². The van der Waals surface area contributed by atoms with Crippen LogP contribution in [0.15, 0.2) is 42.5 Å². The Bertz CT molecular complexity index is 834. The first-order chi connectivity index (χ1) is 12.5. The molecule has 0 N–H and O–H groups in total. The maximum Gasteiger partial charge on any atom is 0.247 e. The number of fused-ring (bicyclic) bond motifs is 1. The molecule has 0 bridgehead atoms. The van der Waals surface area contributed by atoms with E-state index in [0.717, 1.165) is 17.7 Å². The first-order valence-electron chi connectivity index (χ1n) is 8.43. The van der Waals surface area contributed by atoms with E-state index in [1.165, 1.54) is 18.9 Å². The van der Waals surface area contributed by atoms with E-state index in [2.05, 4.69) is 0 Å². The number of anilines is 2. The van der Waals surface area contributed by atoms with Crippen molar-refractivity contribution in [2.45, 2.75) is 13.3 Å². The quantitative estimate of drug-likeness (QED) is 0.828. The number of hydrogen-bond donors (Lipinski definition) is 0. The van der Waals surface area contributed by atoms with E-state index in [1.54, 1.807) is 30.2 Å². The molecule has 2 aromatic carbocycles. The lowest BCUT2D eigenvalue weighted by molar-refractivity contribution is -0.121. The SMILES string of the molecule is COc1ccc(N(CC(=O)N2CCc3ccccc32)C(C)=O)c(OC)c1. The Labute approximate surface area is 152 Å². The van der Waals surface area contributed by atoms with Crippen molar-refractivity contribution in [3.05, 3.63) is 48.0 Å². The fourth-order valence-electron chi connectivity index (χ4n) is 3.19.